The Bertz CT molecular complexity index is 583. The van der Waals surface area contributed by atoms with Gasteiger partial charge in [-0.1, -0.05) is 24.3 Å². The molecule has 2 aromatic carbocycles. The molecule has 2 aromatic rings. The molecule has 21 heavy (non-hydrogen) atoms. The van der Waals surface area contributed by atoms with Gasteiger partial charge in [-0.05, 0) is 41.8 Å². The van der Waals surface area contributed by atoms with E-state index in [-0.39, 0.29) is 0 Å². The van der Waals surface area contributed by atoms with Crippen molar-refractivity contribution in [3.05, 3.63) is 59.7 Å². The second-order valence-electron chi connectivity index (χ2n) is 5.32. The smallest absolute Gasteiger partial charge is 0.119 e. The zero-order valence-corrected chi connectivity index (χ0v) is 12.4. The first-order valence-corrected chi connectivity index (χ1v) is 7.41. The van der Waals surface area contributed by atoms with Crippen molar-refractivity contribution in [2.24, 2.45) is 0 Å². The SMILES string of the molecule is COc1ccc2c(c1)CN(CCOc1ccccc1)CC2. The molecule has 1 heterocycles. The van der Waals surface area contributed by atoms with Crippen LogP contribution in [0.1, 0.15) is 11.1 Å². The highest BCUT2D eigenvalue weighted by molar-refractivity contribution is 5.37. The average molecular weight is 283 g/mol. The zero-order valence-electron chi connectivity index (χ0n) is 12.4. The molecule has 3 nitrogen and oxygen atoms in total. The van der Waals surface area contributed by atoms with Crippen molar-refractivity contribution >= 4 is 0 Å². The van der Waals surface area contributed by atoms with E-state index in [1.165, 1.54) is 11.1 Å². The van der Waals surface area contributed by atoms with Crippen LogP contribution < -0.4 is 9.47 Å². The van der Waals surface area contributed by atoms with Crippen molar-refractivity contribution in [3.63, 3.8) is 0 Å². The molecule has 110 valence electrons. The Hall–Kier alpha value is -2.00. The number of benzene rings is 2. The molecule has 0 radical (unpaired) electrons. The molecule has 0 unspecified atom stereocenters. The number of hydrogen-bond acceptors (Lipinski definition) is 3. The van der Waals surface area contributed by atoms with Gasteiger partial charge in [0.25, 0.3) is 0 Å². The molecule has 1 aliphatic rings. The first-order chi connectivity index (χ1) is 10.3. The van der Waals surface area contributed by atoms with Gasteiger partial charge in [0.1, 0.15) is 18.1 Å². The Morgan fingerprint density at radius 3 is 2.67 bits per heavy atom. The second kappa shape index (κ2) is 6.64. The van der Waals surface area contributed by atoms with Gasteiger partial charge in [0.15, 0.2) is 0 Å². The van der Waals surface area contributed by atoms with Crippen molar-refractivity contribution in [1.29, 1.82) is 0 Å². The number of para-hydroxylation sites is 1. The van der Waals surface area contributed by atoms with Gasteiger partial charge in [0, 0.05) is 19.6 Å². The van der Waals surface area contributed by atoms with E-state index in [0.29, 0.717) is 0 Å². The summed E-state index contributed by atoms with van der Waals surface area (Å²) in [7, 11) is 1.72. The fourth-order valence-electron chi connectivity index (χ4n) is 2.72. The van der Waals surface area contributed by atoms with Crippen LogP contribution in [0.2, 0.25) is 0 Å². The topological polar surface area (TPSA) is 21.7 Å². The predicted molar refractivity (Wildman–Crippen MR) is 83.9 cm³/mol. The Kier molecular flexibility index (Phi) is 4.41. The van der Waals surface area contributed by atoms with Crippen molar-refractivity contribution in [3.8, 4) is 11.5 Å². The van der Waals surface area contributed by atoms with Gasteiger partial charge in [-0.3, -0.25) is 4.90 Å². The van der Waals surface area contributed by atoms with Crippen LogP contribution in [-0.2, 0) is 13.0 Å². The van der Waals surface area contributed by atoms with Gasteiger partial charge in [0.2, 0.25) is 0 Å². The minimum atomic E-state index is 0.726. The van der Waals surface area contributed by atoms with E-state index in [9.17, 15) is 0 Å². The summed E-state index contributed by atoms with van der Waals surface area (Å²) in [5, 5.41) is 0. The number of rotatable bonds is 5. The molecule has 0 saturated carbocycles. The van der Waals surface area contributed by atoms with Gasteiger partial charge < -0.3 is 9.47 Å². The lowest BCUT2D eigenvalue weighted by molar-refractivity contribution is 0.196. The van der Waals surface area contributed by atoms with Crippen LogP contribution in [0.25, 0.3) is 0 Å². The Labute approximate surface area is 126 Å². The summed E-state index contributed by atoms with van der Waals surface area (Å²) < 4.78 is 11.1. The molecular weight excluding hydrogens is 262 g/mol. The van der Waals surface area contributed by atoms with E-state index < -0.39 is 0 Å². The fourth-order valence-corrected chi connectivity index (χ4v) is 2.72. The fraction of sp³-hybridized carbons (Fsp3) is 0.333. The molecule has 0 spiro atoms. The third kappa shape index (κ3) is 3.56. The van der Waals surface area contributed by atoms with Crippen LogP contribution in [0.4, 0.5) is 0 Å². The normalized spacial score (nSPS) is 14.5. The molecule has 0 atom stereocenters. The molecule has 0 aliphatic carbocycles. The predicted octanol–water partition coefficient (Wildman–Crippen LogP) is 3.13. The summed E-state index contributed by atoms with van der Waals surface area (Å²) in [5.41, 5.74) is 2.82. The first-order valence-electron chi connectivity index (χ1n) is 7.41. The number of hydrogen-bond donors (Lipinski definition) is 0. The average Bonchev–Trinajstić information content (AvgIpc) is 2.55. The van der Waals surface area contributed by atoms with Crippen molar-refractivity contribution in [2.45, 2.75) is 13.0 Å². The van der Waals surface area contributed by atoms with Gasteiger partial charge in [-0.2, -0.15) is 0 Å². The van der Waals surface area contributed by atoms with E-state index >= 15 is 0 Å². The Balaban J connectivity index is 1.54. The first kappa shape index (κ1) is 14.0. The van der Waals surface area contributed by atoms with E-state index in [0.717, 1.165) is 44.2 Å². The molecule has 3 heteroatoms. The number of nitrogens with zero attached hydrogens (tertiary/aromatic N) is 1. The molecule has 1 aliphatic heterocycles. The maximum atomic E-state index is 5.78. The standard InChI is InChI=1S/C18H21NO2/c1-20-18-8-7-15-9-10-19(14-16(15)13-18)11-12-21-17-5-3-2-4-6-17/h2-8,13H,9-12,14H2,1H3. The van der Waals surface area contributed by atoms with Crippen molar-refractivity contribution in [1.82, 2.24) is 4.90 Å². The molecule has 3 rings (SSSR count). The monoisotopic (exact) mass is 283 g/mol. The quantitative estimate of drug-likeness (QED) is 0.841. The van der Waals surface area contributed by atoms with Crippen molar-refractivity contribution < 1.29 is 9.47 Å². The summed E-state index contributed by atoms with van der Waals surface area (Å²) in [4.78, 5) is 2.44. The van der Waals surface area contributed by atoms with Crippen LogP contribution in [0.3, 0.4) is 0 Å². The highest BCUT2D eigenvalue weighted by Crippen LogP contribution is 2.23. The van der Waals surface area contributed by atoms with Crippen molar-refractivity contribution in [2.75, 3.05) is 26.8 Å². The molecule has 0 fully saturated rings. The lowest BCUT2D eigenvalue weighted by atomic mass is 9.99. The Morgan fingerprint density at radius 1 is 1.00 bits per heavy atom. The van der Waals surface area contributed by atoms with E-state index in [1.807, 2.05) is 36.4 Å². The van der Waals surface area contributed by atoms with E-state index in [4.69, 9.17) is 9.47 Å². The molecule has 0 N–H and O–H groups in total. The summed E-state index contributed by atoms with van der Waals surface area (Å²) in [5.74, 6) is 1.88. The summed E-state index contributed by atoms with van der Waals surface area (Å²) in [6, 6.07) is 16.4. The molecule has 0 aromatic heterocycles. The molecule has 0 bridgehead atoms. The van der Waals surface area contributed by atoms with Gasteiger partial charge >= 0.3 is 0 Å². The van der Waals surface area contributed by atoms with Gasteiger partial charge in [0.05, 0.1) is 7.11 Å². The molecule has 0 saturated heterocycles. The van der Waals surface area contributed by atoms with Crippen LogP contribution >= 0.6 is 0 Å². The lowest BCUT2D eigenvalue weighted by Gasteiger charge is -2.28. The second-order valence-corrected chi connectivity index (χ2v) is 5.32. The minimum Gasteiger partial charge on any atom is -0.497 e. The van der Waals surface area contributed by atoms with Crippen LogP contribution in [0.5, 0.6) is 11.5 Å². The maximum Gasteiger partial charge on any atom is 0.119 e. The lowest BCUT2D eigenvalue weighted by Crippen LogP contribution is -2.33. The third-order valence-electron chi connectivity index (χ3n) is 3.92. The minimum absolute atomic E-state index is 0.726. The van der Waals surface area contributed by atoms with Gasteiger partial charge in [-0.15, -0.1) is 0 Å². The number of fused-ring (bicyclic) bond motifs is 1. The molecule has 0 amide bonds. The summed E-state index contributed by atoms with van der Waals surface area (Å²) >= 11 is 0. The summed E-state index contributed by atoms with van der Waals surface area (Å²) in [6.45, 7) is 3.75. The highest BCUT2D eigenvalue weighted by Gasteiger charge is 2.16. The maximum absolute atomic E-state index is 5.78. The third-order valence-corrected chi connectivity index (χ3v) is 3.92. The zero-order chi connectivity index (χ0) is 14.5. The highest BCUT2D eigenvalue weighted by atomic mass is 16.5. The largest absolute Gasteiger partial charge is 0.497 e. The van der Waals surface area contributed by atoms with E-state index in [2.05, 4.69) is 17.0 Å². The van der Waals surface area contributed by atoms with Gasteiger partial charge in [-0.25, -0.2) is 0 Å². The molecular formula is C18H21NO2. The van der Waals surface area contributed by atoms with Crippen LogP contribution in [0, 0.1) is 0 Å². The number of methoxy groups -OCH3 is 1. The summed E-state index contributed by atoms with van der Waals surface area (Å²) in [6.07, 6.45) is 1.10. The van der Waals surface area contributed by atoms with Crippen LogP contribution in [0.15, 0.2) is 48.5 Å². The Morgan fingerprint density at radius 2 is 1.86 bits per heavy atom. The number of ether oxygens (including phenoxy) is 2. The van der Waals surface area contributed by atoms with Crippen LogP contribution in [-0.4, -0.2) is 31.7 Å². The van der Waals surface area contributed by atoms with E-state index in [1.54, 1.807) is 7.11 Å².